The Morgan fingerprint density at radius 3 is 2.44 bits per heavy atom. The Labute approximate surface area is 239 Å². The van der Waals surface area contributed by atoms with E-state index in [0.29, 0.717) is 73.0 Å². The Morgan fingerprint density at radius 1 is 1.08 bits per heavy atom. The molecule has 2 fully saturated rings. The quantitative estimate of drug-likeness (QED) is 0.389. The molecule has 6 nitrogen and oxygen atoms in total. The maximum Gasteiger partial charge on any atom is 0.321 e. The number of carbonyl (C=O) groups is 2. The van der Waals surface area contributed by atoms with Gasteiger partial charge in [-0.25, -0.2) is 9.18 Å². The highest BCUT2D eigenvalue weighted by Crippen LogP contribution is 2.59. The first-order chi connectivity index (χ1) is 18.6. The lowest BCUT2D eigenvalue weighted by molar-refractivity contribution is -0.0105. The van der Waals surface area contributed by atoms with Crippen molar-refractivity contribution < 1.29 is 14.0 Å². The van der Waals surface area contributed by atoms with Crippen LogP contribution in [0.4, 0.5) is 14.9 Å². The lowest BCUT2D eigenvalue weighted by atomic mass is 9.49. The Balaban J connectivity index is 1.19. The molecule has 0 spiro atoms. The summed E-state index contributed by atoms with van der Waals surface area (Å²) in [6, 6.07) is 10.6. The zero-order valence-corrected chi connectivity index (χ0v) is 23.9. The molecule has 2 aromatic rings. The SMILES string of the molecule is CC1(C)C2CC=C(CN(CCN3CCN(C(=O)Nc4ccc(Cl)cc4Cl)CC3)C(=O)c3ccc(F)cc3)C1C2. The van der Waals surface area contributed by atoms with Gasteiger partial charge in [0, 0.05) is 56.4 Å². The summed E-state index contributed by atoms with van der Waals surface area (Å²) in [4.78, 5) is 32.3. The van der Waals surface area contributed by atoms with Crippen molar-refractivity contribution in [3.8, 4) is 0 Å². The lowest BCUT2D eigenvalue weighted by Gasteiger charge is -2.57. The van der Waals surface area contributed by atoms with Gasteiger partial charge in [-0.05, 0) is 72.6 Å². The molecule has 1 heterocycles. The number of nitrogens with zero attached hydrogens (tertiary/aromatic N) is 3. The fourth-order valence-corrected chi connectivity index (χ4v) is 6.58. The molecule has 9 heteroatoms. The molecular weight excluding hydrogens is 538 g/mol. The summed E-state index contributed by atoms with van der Waals surface area (Å²) in [6.45, 7) is 9.11. The minimum Gasteiger partial charge on any atom is -0.333 e. The molecule has 0 aromatic heterocycles. The standard InChI is InChI=1S/C30H35Cl2FN4O2/c1-30(2)22-6-3-21(25(30)17-22)19-37(28(38)20-4-8-24(33)9-5-20)16-13-35-11-14-36(15-12-35)29(39)34-27-10-7-23(31)18-26(27)32/h3-5,7-10,18,22,25H,6,11-17,19H2,1-2H3,(H,34,39). The van der Waals surface area contributed by atoms with E-state index in [1.165, 1.54) is 24.1 Å². The number of nitrogens with one attached hydrogen (secondary N) is 1. The highest BCUT2D eigenvalue weighted by Gasteiger charge is 2.51. The van der Waals surface area contributed by atoms with E-state index in [9.17, 15) is 14.0 Å². The number of hydrogen-bond acceptors (Lipinski definition) is 3. The predicted molar refractivity (Wildman–Crippen MR) is 154 cm³/mol. The number of fused-ring (bicyclic) bond motifs is 1. The molecule has 208 valence electrons. The molecule has 2 bridgehead atoms. The van der Waals surface area contributed by atoms with Crippen LogP contribution in [0.1, 0.15) is 37.0 Å². The number of rotatable bonds is 7. The van der Waals surface area contributed by atoms with E-state index >= 15 is 0 Å². The van der Waals surface area contributed by atoms with Crippen molar-refractivity contribution in [3.63, 3.8) is 0 Å². The van der Waals surface area contributed by atoms with Crippen molar-refractivity contribution >= 4 is 40.8 Å². The molecule has 2 atom stereocenters. The van der Waals surface area contributed by atoms with Gasteiger partial charge in [-0.3, -0.25) is 9.69 Å². The average molecular weight is 574 g/mol. The predicted octanol–water partition coefficient (Wildman–Crippen LogP) is 6.42. The number of allylic oxidation sites excluding steroid dienone is 1. The summed E-state index contributed by atoms with van der Waals surface area (Å²) < 4.78 is 13.5. The van der Waals surface area contributed by atoms with Crippen LogP contribution in [0, 0.1) is 23.1 Å². The summed E-state index contributed by atoms with van der Waals surface area (Å²) in [5.74, 6) is 0.816. The molecule has 1 N–H and O–H groups in total. The van der Waals surface area contributed by atoms with E-state index < -0.39 is 0 Å². The van der Waals surface area contributed by atoms with E-state index in [2.05, 4.69) is 30.1 Å². The van der Waals surface area contributed by atoms with Gasteiger partial charge in [-0.15, -0.1) is 0 Å². The molecule has 1 saturated carbocycles. The van der Waals surface area contributed by atoms with Gasteiger partial charge in [0.2, 0.25) is 0 Å². The van der Waals surface area contributed by atoms with Gasteiger partial charge in [0.25, 0.3) is 5.91 Å². The van der Waals surface area contributed by atoms with E-state index in [-0.39, 0.29) is 23.2 Å². The van der Waals surface area contributed by atoms with Gasteiger partial charge in [0.05, 0.1) is 10.7 Å². The fourth-order valence-electron chi connectivity index (χ4n) is 6.13. The second-order valence-electron chi connectivity index (χ2n) is 11.4. The molecule has 1 aliphatic heterocycles. The van der Waals surface area contributed by atoms with Crippen molar-refractivity contribution in [2.45, 2.75) is 26.7 Å². The van der Waals surface area contributed by atoms with Gasteiger partial charge in [-0.2, -0.15) is 0 Å². The fraction of sp³-hybridized carbons (Fsp3) is 0.467. The third-order valence-electron chi connectivity index (χ3n) is 8.85. The van der Waals surface area contributed by atoms with E-state index in [1.54, 1.807) is 35.2 Å². The number of hydrogen-bond donors (Lipinski definition) is 1. The lowest BCUT2D eigenvalue weighted by Crippen LogP contribution is -2.52. The largest absolute Gasteiger partial charge is 0.333 e. The topological polar surface area (TPSA) is 55.9 Å². The zero-order valence-electron chi connectivity index (χ0n) is 22.4. The van der Waals surface area contributed by atoms with Crippen molar-refractivity contribution in [2.75, 3.05) is 51.1 Å². The van der Waals surface area contributed by atoms with Crippen LogP contribution in [-0.4, -0.2) is 72.5 Å². The van der Waals surface area contributed by atoms with Crippen LogP contribution >= 0.6 is 23.2 Å². The van der Waals surface area contributed by atoms with Crippen molar-refractivity contribution in [1.29, 1.82) is 0 Å². The number of piperazine rings is 1. The number of carbonyl (C=O) groups excluding carboxylic acids is 2. The first-order valence-corrected chi connectivity index (χ1v) is 14.3. The summed E-state index contributed by atoms with van der Waals surface area (Å²) in [7, 11) is 0. The molecule has 2 aromatic carbocycles. The number of amides is 3. The van der Waals surface area contributed by atoms with E-state index in [4.69, 9.17) is 23.2 Å². The third-order valence-corrected chi connectivity index (χ3v) is 9.40. The molecular formula is C30H35Cl2FN4O2. The van der Waals surface area contributed by atoms with E-state index in [0.717, 1.165) is 12.3 Å². The normalized spacial score (nSPS) is 22.1. The maximum atomic E-state index is 13.5. The van der Waals surface area contributed by atoms with Gasteiger partial charge < -0.3 is 15.1 Å². The second kappa shape index (κ2) is 11.5. The van der Waals surface area contributed by atoms with Crippen LogP contribution in [0.25, 0.3) is 0 Å². The van der Waals surface area contributed by atoms with Crippen LogP contribution in [0.2, 0.25) is 10.0 Å². The molecule has 3 amide bonds. The first-order valence-electron chi connectivity index (χ1n) is 13.6. The molecule has 0 radical (unpaired) electrons. The smallest absolute Gasteiger partial charge is 0.321 e. The number of anilines is 1. The minimum absolute atomic E-state index is 0.0759. The Bertz CT molecular complexity index is 1260. The summed E-state index contributed by atoms with van der Waals surface area (Å²) in [5.41, 5.74) is 2.66. The van der Waals surface area contributed by atoms with Crippen LogP contribution in [0.5, 0.6) is 0 Å². The van der Waals surface area contributed by atoms with Gasteiger partial charge in [-0.1, -0.05) is 48.7 Å². The summed E-state index contributed by atoms with van der Waals surface area (Å²) in [5, 5.41) is 3.77. The minimum atomic E-state index is -0.351. The van der Waals surface area contributed by atoms with Crippen molar-refractivity contribution in [3.05, 3.63) is 75.5 Å². The summed E-state index contributed by atoms with van der Waals surface area (Å²) in [6.07, 6.45) is 4.60. The molecule has 3 aliphatic carbocycles. The number of urea groups is 1. The summed E-state index contributed by atoms with van der Waals surface area (Å²) >= 11 is 12.2. The van der Waals surface area contributed by atoms with Crippen LogP contribution in [0.15, 0.2) is 54.1 Å². The average Bonchev–Trinajstić information content (AvgIpc) is 2.92. The van der Waals surface area contributed by atoms with Crippen molar-refractivity contribution in [1.82, 2.24) is 14.7 Å². The maximum absolute atomic E-state index is 13.5. The van der Waals surface area contributed by atoms with Crippen LogP contribution in [-0.2, 0) is 0 Å². The van der Waals surface area contributed by atoms with Crippen LogP contribution in [0.3, 0.4) is 0 Å². The van der Waals surface area contributed by atoms with E-state index in [1.807, 2.05) is 4.90 Å². The monoisotopic (exact) mass is 572 g/mol. The Hall–Kier alpha value is -2.61. The molecule has 1 saturated heterocycles. The number of benzene rings is 2. The highest BCUT2D eigenvalue weighted by atomic mass is 35.5. The molecule has 6 rings (SSSR count). The van der Waals surface area contributed by atoms with Gasteiger partial charge in [0.1, 0.15) is 5.82 Å². The molecule has 2 unspecified atom stereocenters. The number of halogens is 3. The first kappa shape index (κ1) is 27.9. The third kappa shape index (κ3) is 6.11. The second-order valence-corrected chi connectivity index (χ2v) is 12.3. The molecule has 39 heavy (non-hydrogen) atoms. The Morgan fingerprint density at radius 2 is 1.79 bits per heavy atom. The Kier molecular flexibility index (Phi) is 8.22. The van der Waals surface area contributed by atoms with Gasteiger partial charge >= 0.3 is 6.03 Å². The highest BCUT2D eigenvalue weighted by molar-refractivity contribution is 6.36. The van der Waals surface area contributed by atoms with Crippen molar-refractivity contribution in [2.24, 2.45) is 17.3 Å². The zero-order chi connectivity index (χ0) is 27.7. The van der Waals surface area contributed by atoms with Crippen LogP contribution < -0.4 is 5.32 Å². The van der Waals surface area contributed by atoms with Gasteiger partial charge in [0.15, 0.2) is 0 Å². The molecule has 4 aliphatic rings.